The lowest BCUT2D eigenvalue weighted by atomic mass is 10.0. The fraction of sp³-hybridized carbons (Fsp3) is 0.412. The van der Waals surface area contributed by atoms with Gasteiger partial charge in [-0.15, -0.1) is 11.3 Å². The molecule has 1 aromatic heterocycles. The summed E-state index contributed by atoms with van der Waals surface area (Å²) in [5.74, 6) is 1.55. The first kappa shape index (κ1) is 15.9. The van der Waals surface area contributed by atoms with Gasteiger partial charge in [0.05, 0.1) is 14.2 Å². The van der Waals surface area contributed by atoms with Crippen LogP contribution in [0.1, 0.15) is 26.9 Å². The van der Waals surface area contributed by atoms with Gasteiger partial charge in [-0.3, -0.25) is 0 Å². The summed E-state index contributed by atoms with van der Waals surface area (Å²) in [7, 11) is 5.34. The summed E-state index contributed by atoms with van der Waals surface area (Å²) < 4.78 is 10.7. The van der Waals surface area contributed by atoms with E-state index in [1.54, 1.807) is 14.2 Å². The molecule has 3 nitrogen and oxygen atoms in total. The topological polar surface area (TPSA) is 30.5 Å². The van der Waals surface area contributed by atoms with Crippen LogP contribution in [0.2, 0.25) is 0 Å². The Morgan fingerprint density at radius 1 is 1.10 bits per heavy atom. The summed E-state index contributed by atoms with van der Waals surface area (Å²) in [6, 6.07) is 8.71. The lowest BCUT2D eigenvalue weighted by molar-refractivity contribution is 0.354. The zero-order valence-corrected chi connectivity index (χ0v) is 14.1. The van der Waals surface area contributed by atoms with Crippen LogP contribution in [0.5, 0.6) is 11.5 Å². The van der Waals surface area contributed by atoms with E-state index >= 15 is 0 Å². The molecule has 0 bridgehead atoms. The van der Waals surface area contributed by atoms with Crippen molar-refractivity contribution in [2.24, 2.45) is 0 Å². The van der Waals surface area contributed by atoms with E-state index in [0.29, 0.717) is 6.04 Å². The van der Waals surface area contributed by atoms with Crippen LogP contribution >= 0.6 is 11.3 Å². The van der Waals surface area contributed by atoms with Crippen molar-refractivity contribution in [3.63, 3.8) is 0 Å². The third-order valence-electron chi connectivity index (χ3n) is 3.76. The SMILES string of the molecule is CNC(Cc1ccc(OC)c(OC)c1)c1cc(C)c(C)s1. The number of nitrogens with one attached hydrogen (secondary N) is 1. The molecule has 2 aromatic rings. The van der Waals surface area contributed by atoms with Crippen molar-refractivity contribution in [2.75, 3.05) is 21.3 Å². The summed E-state index contributed by atoms with van der Waals surface area (Å²) in [6.07, 6.45) is 0.927. The van der Waals surface area contributed by atoms with Crippen LogP contribution < -0.4 is 14.8 Å². The highest BCUT2D eigenvalue weighted by atomic mass is 32.1. The van der Waals surface area contributed by atoms with Crippen LogP contribution in [0.4, 0.5) is 0 Å². The number of likely N-dealkylation sites (N-methyl/N-ethyl adjacent to an activating group) is 1. The fourth-order valence-electron chi connectivity index (χ4n) is 2.36. The van der Waals surface area contributed by atoms with Crippen molar-refractivity contribution in [3.05, 3.63) is 45.1 Å². The van der Waals surface area contributed by atoms with Crippen molar-refractivity contribution in [3.8, 4) is 11.5 Å². The Kier molecular flexibility index (Phi) is 5.26. The minimum atomic E-state index is 0.320. The maximum atomic E-state index is 5.38. The smallest absolute Gasteiger partial charge is 0.160 e. The van der Waals surface area contributed by atoms with Crippen LogP contribution in [0, 0.1) is 13.8 Å². The van der Waals surface area contributed by atoms with E-state index in [1.807, 2.05) is 24.5 Å². The van der Waals surface area contributed by atoms with Gasteiger partial charge in [0.25, 0.3) is 0 Å². The molecular weight excluding hydrogens is 282 g/mol. The molecule has 114 valence electrons. The number of benzene rings is 1. The molecule has 1 unspecified atom stereocenters. The molecule has 1 aromatic carbocycles. The Labute approximate surface area is 130 Å². The molecule has 0 saturated carbocycles. The summed E-state index contributed by atoms with van der Waals surface area (Å²) >= 11 is 1.87. The lowest BCUT2D eigenvalue weighted by Crippen LogP contribution is -2.17. The molecule has 4 heteroatoms. The van der Waals surface area contributed by atoms with Gasteiger partial charge in [-0.05, 0) is 56.6 Å². The molecule has 0 saturated heterocycles. The van der Waals surface area contributed by atoms with Gasteiger partial charge in [0.1, 0.15) is 0 Å². The Morgan fingerprint density at radius 2 is 1.81 bits per heavy atom. The highest BCUT2D eigenvalue weighted by molar-refractivity contribution is 7.12. The Morgan fingerprint density at radius 3 is 2.33 bits per heavy atom. The summed E-state index contributed by atoms with van der Waals surface area (Å²) in [4.78, 5) is 2.76. The van der Waals surface area contributed by atoms with E-state index in [1.165, 1.54) is 20.9 Å². The van der Waals surface area contributed by atoms with E-state index in [9.17, 15) is 0 Å². The van der Waals surface area contributed by atoms with Crippen LogP contribution in [0.15, 0.2) is 24.3 Å². The van der Waals surface area contributed by atoms with Crippen LogP contribution in [-0.2, 0) is 6.42 Å². The second kappa shape index (κ2) is 6.96. The number of hydrogen-bond acceptors (Lipinski definition) is 4. The quantitative estimate of drug-likeness (QED) is 0.878. The second-order valence-electron chi connectivity index (χ2n) is 5.12. The Balaban J connectivity index is 2.22. The number of aryl methyl sites for hydroxylation is 2. The van der Waals surface area contributed by atoms with Gasteiger partial charge in [0, 0.05) is 15.8 Å². The van der Waals surface area contributed by atoms with Crippen molar-refractivity contribution in [2.45, 2.75) is 26.3 Å². The van der Waals surface area contributed by atoms with Crippen molar-refractivity contribution in [1.82, 2.24) is 5.32 Å². The number of rotatable bonds is 6. The van der Waals surface area contributed by atoms with Gasteiger partial charge in [-0.2, -0.15) is 0 Å². The lowest BCUT2D eigenvalue weighted by Gasteiger charge is -2.16. The third-order valence-corrected chi connectivity index (χ3v) is 5.03. The van der Waals surface area contributed by atoms with E-state index in [-0.39, 0.29) is 0 Å². The van der Waals surface area contributed by atoms with Crippen LogP contribution in [0.3, 0.4) is 0 Å². The Bertz CT molecular complexity index is 587. The molecule has 21 heavy (non-hydrogen) atoms. The van der Waals surface area contributed by atoms with Gasteiger partial charge in [0.15, 0.2) is 11.5 Å². The number of ether oxygens (including phenoxy) is 2. The first-order chi connectivity index (χ1) is 10.1. The molecule has 0 aliphatic carbocycles. The number of hydrogen-bond donors (Lipinski definition) is 1. The summed E-state index contributed by atoms with van der Waals surface area (Å²) in [6.45, 7) is 4.34. The maximum Gasteiger partial charge on any atom is 0.160 e. The molecule has 0 fully saturated rings. The van der Waals surface area contributed by atoms with Crippen molar-refractivity contribution >= 4 is 11.3 Å². The predicted octanol–water partition coefficient (Wildman–Crippen LogP) is 3.89. The molecule has 0 spiro atoms. The maximum absolute atomic E-state index is 5.38. The van der Waals surface area contributed by atoms with Crippen molar-refractivity contribution in [1.29, 1.82) is 0 Å². The molecule has 0 aliphatic heterocycles. The molecule has 1 N–H and O–H groups in total. The van der Waals surface area contributed by atoms with Gasteiger partial charge in [-0.25, -0.2) is 0 Å². The minimum absolute atomic E-state index is 0.320. The first-order valence-electron chi connectivity index (χ1n) is 7.04. The van der Waals surface area contributed by atoms with Gasteiger partial charge in [-0.1, -0.05) is 6.07 Å². The molecule has 0 aliphatic rings. The van der Waals surface area contributed by atoms with Gasteiger partial charge < -0.3 is 14.8 Å². The average Bonchev–Trinajstić information content (AvgIpc) is 2.83. The molecular formula is C17H23NO2S. The largest absolute Gasteiger partial charge is 0.493 e. The zero-order valence-electron chi connectivity index (χ0n) is 13.3. The summed E-state index contributed by atoms with van der Waals surface area (Å²) in [5.41, 5.74) is 2.60. The zero-order chi connectivity index (χ0) is 15.4. The van der Waals surface area contributed by atoms with Gasteiger partial charge in [0.2, 0.25) is 0 Å². The van der Waals surface area contributed by atoms with E-state index in [0.717, 1.165) is 17.9 Å². The van der Waals surface area contributed by atoms with E-state index in [2.05, 4.69) is 37.4 Å². The fourth-order valence-corrected chi connectivity index (χ4v) is 3.51. The highest BCUT2D eigenvalue weighted by Gasteiger charge is 2.15. The molecule has 2 rings (SSSR count). The van der Waals surface area contributed by atoms with Gasteiger partial charge >= 0.3 is 0 Å². The first-order valence-corrected chi connectivity index (χ1v) is 7.85. The minimum Gasteiger partial charge on any atom is -0.493 e. The Hall–Kier alpha value is -1.52. The number of methoxy groups -OCH3 is 2. The van der Waals surface area contributed by atoms with Crippen LogP contribution in [0.25, 0.3) is 0 Å². The molecule has 0 radical (unpaired) electrons. The highest BCUT2D eigenvalue weighted by Crippen LogP contribution is 2.32. The third kappa shape index (κ3) is 3.57. The van der Waals surface area contributed by atoms with E-state index in [4.69, 9.17) is 9.47 Å². The molecule has 1 heterocycles. The summed E-state index contributed by atoms with van der Waals surface area (Å²) in [5, 5.41) is 3.41. The van der Waals surface area contributed by atoms with E-state index < -0.39 is 0 Å². The van der Waals surface area contributed by atoms with Crippen molar-refractivity contribution < 1.29 is 9.47 Å². The van der Waals surface area contributed by atoms with Crippen LogP contribution in [-0.4, -0.2) is 21.3 Å². The second-order valence-corrected chi connectivity index (χ2v) is 6.41. The standard InChI is InChI=1S/C17H23NO2S/c1-11-8-17(21-12(11)2)14(18-3)9-13-6-7-15(19-4)16(10-13)20-5/h6-8,10,14,18H,9H2,1-5H3. The molecule has 0 amide bonds. The number of thiophene rings is 1. The predicted molar refractivity (Wildman–Crippen MR) is 88.8 cm³/mol. The monoisotopic (exact) mass is 305 g/mol. The normalized spacial score (nSPS) is 12.2. The average molecular weight is 305 g/mol. The molecule has 1 atom stereocenters.